The van der Waals surface area contributed by atoms with Crippen molar-refractivity contribution in [3.63, 3.8) is 0 Å². The molecule has 0 aromatic heterocycles. The van der Waals surface area contributed by atoms with Gasteiger partial charge in [-0.05, 0) is 0 Å². The van der Waals surface area contributed by atoms with E-state index in [2.05, 4.69) is 26.0 Å². The minimum atomic E-state index is 1.08. The van der Waals surface area contributed by atoms with E-state index in [0.717, 1.165) is 6.42 Å². The van der Waals surface area contributed by atoms with Gasteiger partial charge in [-0.3, -0.25) is 12.6 Å². The Morgan fingerprint density at radius 3 is 2.43 bits per heavy atom. The Kier molecular flexibility index (Phi) is 4.10. The van der Waals surface area contributed by atoms with Crippen molar-refractivity contribution in [2.75, 3.05) is 0 Å². The second kappa shape index (κ2) is 4.13. The normalized spacial score (nSPS) is 11.6. The van der Waals surface area contributed by atoms with Gasteiger partial charge in [-0.25, -0.2) is 12.0 Å². The van der Waals surface area contributed by atoms with E-state index in [1.165, 1.54) is 5.57 Å². The lowest BCUT2D eigenvalue weighted by Gasteiger charge is -2.04. The summed E-state index contributed by atoms with van der Waals surface area (Å²) in [6.07, 6.45) is 3.15. The lowest BCUT2D eigenvalue weighted by atomic mass is 10.2. The summed E-state index contributed by atoms with van der Waals surface area (Å²) in [6.45, 7) is 4.13. The Morgan fingerprint density at radius 2 is 2.43 bits per heavy atom. The smallest absolute Gasteiger partial charge is 0.0634 e. The van der Waals surface area contributed by atoms with Gasteiger partial charge in [0.15, 0.2) is 0 Å². The third kappa shape index (κ3) is 2.63. The van der Waals surface area contributed by atoms with Gasteiger partial charge in [-0.1, -0.05) is 13.3 Å². The first kappa shape index (κ1) is 6.96. The fourth-order valence-corrected chi connectivity index (χ4v) is 0.702. The summed E-state index contributed by atoms with van der Waals surface area (Å²) in [5.41, 5.74) is 1.29. The molecule has 1 heteroatoms. The minimum Gasteiger partial charge on any atom is -0.253 e. The van der Waals surface area contributed by atoms with E-state index >= 15 is 0 Å². The molecule has 0 fully saturated rings. The lowest BCUT2D eigenvalue weighted by Crippen LogP contribution is -1.72. The summed E-state index contributed by atoms with van der Waals surface area (Å²) >= 11 is 3.98. The van der Waals surface area contributed by atoms with Crippen molar-refractivity contribution in [1.29, 1.82) is 0 Å². The molecule has 0 saturated carbocycles. The maximum absolute atomic E-state index is 3.98. The summed E-state index contributed by atoms with van der Waals surface area (Å²) < 4.78 is 0. The topological polar surface area (TPSA) is 0 Å². The van der Waals surface area contributed by atoms with E-state index in [-0.39, 0.29) is 0 Å². The zero-order valence-corrected chi connectivity index (χ0v) is 5.70. The maximum Gasteiger partial charge on any atom is -0.0634 e. The third-order valence-corrected chi connectivity index (χ3v) is 1.28. The monoisotopic (exact) mass is 115 g/mol. The average Bonchev–Trinajstić information content (AvgIpc) is 1.72. The van der Waals surface area contributed by atoms with E-state index in [1.807, 2.05) is 12.3 Å². The Hall–Kier alpha value is -0.0400. The van der Waals surface area contributed by atoms with Crippen LogP contribution in [0.4, 0.5) is 0 Å². The van der Waals surface area contributed by atoms with Crippen LogP contribution in [0, 0.1) is 6.42 Å². The van der Waals surface area contributed by atoms with Gasteiger partial charge in [0.2, 0.25) is 0 Å². The molecule has 0 unspecified atom stereocenters. The van der Waals surface area contributed by atoms with Crippen molar-refractivity contribution in [2.24, 2.45) is 0 Å². The second-order valence-corrected chi connectivity index (χ2v) is 1.60. The largest absolute Gasteiger partial charge is 0.253 e. The highest BCUT2D eigenvalue weighted by Crippen LogP contribution is 2.03. The molecule has 0 heterocycles. The minimum absolute atomic E-state index is 1.08. The zero-order chi connectivity index (χ0) is 5.70. The molecule has 0 spiro atoms. The predicted octanol–water partition coefficient (Wildman–Crippen LogP) is 2.43. The SMILES string of the molecule is C[CH-]C(=CS)CC. The molecular formula is C6H11S-. The van der Waals surface area contributed by atoms with E-state index < -0.39 is 0 Å². The zero-order valence-electron chi connectivity index (χ0n) is 4.81. The molecular weight excluding hydrogens is 104 g/mol. The summed E-state index contributed by atoms with van der Waals surface area (Å²) in [4.78, 5) is 0. The van der Waals surface area contributed by atoms with Gasteiger partial charge in [0, 0.05) is 0 Å². The van der Waals surface area contributed by atoms with Gasteiger partial charge < -0.3 is 0 Å². The molecule has 0 aliphatic carbocycles. The summed E-state index contributed by atoms with van der Waals surface area (Å²) in [6, 6.07) is 0. The lowest BCUT2D eigenvalue weighted by molar-refractivity contribution is 1.11. The first-order valence-electron chi connectivity index (χ1n) is 2.47. The fourth-order valence-electron chi connectivity index (χ4n) is 0.370. The van der Waals surface area contributed by atoms with Crippen molar-refractivity contribution in [1.82, 2.24) is 0 Å². The standard InChI is InChI=1S/C6H11S/c1-3-6(4-2)5-7/h3,5,7H,4H2,1-2H3/q-1. The molecule has 0 saturated heterocycles. The average molecular weight is 115 g/mol. The number of rotatable bonds is 2. The Balaban J connectivity index is 3.38. The van der Waals surface area contributed by atoms with E-state index in [1.54, 1.807) is 0 Å². The first-order valence-corrected chi connectivity index (χ1v) is 2.99. The Morgan fingerprint density at radius 1 is 1.86 bits per heavy atom. The fraction of sp³-hybridized carbons (Fsp3) is 0.500. The highest BCUT2D eigenvalue weighted by Gasteiger charge is 1.71. The van der Waals surface area contributed by atoms with Crippen LogP contribution < -0.4 is 0 Å². The molecule has 0 amide bonds. The molecule has 0 rings (SSSR count). The Bertz CT molecular complexity index is 58.6. The predicted molar refractivity (Wildman–Crippen MR) is 37.3 cm³/mol. The number of thiol groups is 1. The quantitative estimate of drug-likeness (QED) is 0.414. The van der Waals surface area contributed by atoms with Gasteiger partial charge >= 0.3 is 0 Å². The highest BCUT2D eigenvalue weighted by molar-refractivity contribution is 7.83. The molecule has 0 aromatic carbocycles. The van der Waals surface area contributed by atoms with Crippen LogP contribution in [0.2, 0.25) is 0 Å². The van der Waals surface area contributed by atoms with Crippen molar-refractivity contribution in [3.05, 3.63) is 17.4 Å². The van der Waals surface area contributed by atoms with Gasteiger partial charge in [0.1, 0.15) is 0 Å². The van der Waals surface area contributed by atoms with Crippen molar-refractivity contribution >= 4 is 12.6 Å². The van der Waals surface area contributed by atoms with Crippen LogP contribution in [0.5, 0.6) is 0 Å². The molecule has 0 N–H and O–H groups in total. The molecule has 0 bridgehead atoms. The van der Waals surface area contributed by atoms with E-state index in [4.69, 9.17) is 0 Å². The van der Waals surface area contributed by atoms with Gasteiger partial charge in [0.25, 0.3) is 0 Å². The van der Waals surface area contributed by atoms with Crippen LogP contribution in [-0.4, -0.2) is 0 Å². The third-order valence-electron chi connectivity index (χ3n) is 0.945. The molecule has 0 nitrogen and oxygen atoms in total. The van der Waals surface area contributed by atoms with Crippen LogP contribution in [-0.2, 0) is 0 Å². The van der Waals surface area contributed by atoms with Gasteiger partial charge in [-0.15, -0.1) is 6.92 Å². The molecule has 0 aliphatic heterocycles. The van der Waals surface area contributed by atoms with Crippen LogP contribution in [0.15, 0.2) is 11.0 Å². The van der Waals surface area contributed by atoms with Gasteiger partial charge in [0.05, 0.1) is 0 Å². The van der Waals surface area contributed by atoms with E-state index in [0.29, 0.717) is 0 Å². The number of hydrogen-bond acceptors (Lipinski definition) is 1. The summed E-state index contributed by atoms with van der Waals surface area (Å²) in [7, 11) is 0. The van der Waals surface area contributed by atoms with E-state index in [9.17, 15) is 0 Å². The molecule has 7 heavy (non-hydrogen) atoms. The van der Waals surface area contributed by atoms with Crippen LogP contribution in [0.1, 0.15) is 20.3 Å². The molecule has 0 aliphatic rings. The highest BCUT2D eigenvalue weighted by atomic mass is 32.1. The number of hydrogen-bond donors (Lipinski definition) is 1. The van der Waals surface area contributed by atoms with Crippen LogP contribution >= 0.6 is 12.6 Å². The molecule has 0 atom stereocenters. The van der Waals surface area contributed by atoms with Crippen molar-refractivity contribution in [2.45, 2.75) is 20.3 Å². The number of allylic oxidation sites excluding steroid dienone is 1. The first-order chi connectivity index (χ1) is 3.35. The molecule has 42 valence electrons. The summed E-state index contributed by atoms with van der Waals surface area (Å²) in [5.74, 6) is 0. The van der Waals surface area contributed by atoms with Crippen LogP contribution in [0.25, 0.3) is 0 Å². The van der Waals surface area contributed by atoms with Gasteiger partial charge in [-0.2, -0.15) is 5.41 Å². The molecule has 0 aromatic rings. The van der Waals surface area contributed by atoms with Crippen LogP contribution in [0.3, 0.4) is 0 Å². The summed E-state index contributed by atoms with van der Waals surface area (Å²) in [5, 5.41) is 1.83. The Labute approximate surface area is 51.0 Å². The van der Waals surface area contributed by atoms with Crippen molar-refractivity contribution < 1.29 is 0 Å². The van der Waals surface area contributed by atoms with Crippen molar-refractivity contribution in [3.8, 4) is 0 Å². The second-order valence-electron chi connectivity index (χ2n) is 1.35. The maximum atomic E-state index is 3.98. The molecule has 0 radical (unpaired) electrons.